The van der Waals surface area contributed by atoms with Crippen molar-refractivity contribution in [3.8, 4) is 0 Å². The molecule has 1 rings (SSSR count). The number of sulfonamides is 1. The van der Waals surface area contributed by atoms with Gasteiger partial charge in [0.15, 0.2) is 0 Å². The predicted molar refractivity (Wildman–Crippen MR) is 66.7 cm³/mol. The summed E-state index contributed by atoms with van der Waals surface area (Å²) in [5, 5.41) is -0.668. The fourth-order valence-corrected chi connectivity index (χ4v) is 3.65. The predicted octanol–water partition coefficient (Wildman–Crippen LogP) is 2.76. The number of benzene rings is 1. The summed E-state index contributed by atoms with van der Waals surface area (Å²) in [5.41, 5.74) is 5.50. The zero-order valence-electron chi connectivity index (χ0n) is 9.50. The van der Waals surface area contributed by atoms with Crippen molar-refractivity contribution in [2.24, 2.45) is 0 Å². The van der Waals surface area contributed by atoms with Crippen LogP contribution in [0.1, 0.15) is 0 Å². The van der Waals surface area contributed by atoms with E-state index in [0.717, 1.165) is 19.2 Å². The molecule has 0 atom stereocenters. The van der Waals surface area contributed by atoms with Gasteiger partial charge in [0.2, 0.25) is 10.0 Å². The molecule has 0 saturated carbocycles. The summed E-state index contributed by atoms with van der Waals surface area (Å²) in [4.78, 5) is -0.600. The van der Waals surface area contributed by atoms with Crippen LogP contribution in [0.2, 0.25) is 10.0 Å². The summed E-state index contributed by atoms with van der Waals surface area (Å²) in [6.07, 6.45) is -4.67. The molecule has 1 aromatic carbocycles. The molecule has 2 N–H and O–H groups in total. The number of anilines is 1. The van der Waals surface area contributed by atoms with Crippen molar-refractivity contribution >= 4 is 38.9 Å². The summed E-state index contributed by atoms with van der Waals surface area (Å²) in [6.45, 7) is -1.65. The van der Waals surface area contributed by atoms with Gasteiger partial charge in [-0.05, 0) is 12.1 Å². The Morgan fingerprint density at radius 2 is 1.68 bits per heavy atom. The molecule has 0 aliphatic heterocycles. The topological polar surface area (TPSA) is 63.4 Å². The second-order valence-corrected chi connectivity index (χ2v) is 6.49. The van der Waals surface area contributed by atoms with Crippen LogP contribution in [0.5, 0.6) is 0 Å². The number of hydrogen-bond donors (Lipinski definition) is 1. The van der Waals surface area contributed by atoms with E-state index in [2.05, 4.69) is 0 Å². The third-order valence-electron chi connectivity index (χ3n) is 2.09. The number of halogens is 5. The third kappa shape index (κ3) is 3.88. The molecule has 0 bridgehead atoms. The molecule has 0 aliphatic rings. The maximum absolute atomic E-state index is 12.2. The minimum absolute atomic E-state index is 0.104. The molecule has 4 nitrogen and oxygen atoms in total. The summed E-state index contributed by atoms with van der Waals surface area (Å²) in [7, 11) is -3.67. The molecule has 0 aromatic heterocycles. The summed E-state index contributed by atoms with van der Waals surface area (Å²) >= 11 is 11.4. The molecular weight excluding hydrogens is 328 g/mol. The van der Waals surface area contributed by atoms with Gasteiger partial charge in [-0.15, -0.1) is 0 Å². The maximum atomic E-state index is 12.2. The van der Waals surface area contributed by atoms with Gasteiger partial charge in [-0.1, -0.05) is 23.2 Å². The van der Waals surface area contributed by atoms with Crippen molar-refractivity contribution in [1.82, 2.24) is 4.31 Å². The lowest BCUT2D eigenvalue weighted by molar-refractivity contribution is -0.134. The first-order valence-corrected chi connectivity index (χ1v) is 6.92. The van der Waals surface area contributed by atoms with Gasteiger partial charge in [-0.2, -0.15) is 17.5 Å². The van der Waals surface area contributed by atoms with Crippen molar-refractivity contribution in [2.45, 2.75) is 11.1 Å². The highest BCUT2D eigenvalue weighted by atomic mass is 35.5. The van der Waals surface area contributed by atoms with E-state index < -0.39 is 27.6 Å². The molecule has 0 heterocycles. The Morgan fingerprint density at radius 3 is 2.05 bits per heavy atom. The van der Waals surface area contributed by atoms with E-state index in [1.54, 1.807) is 0 Å². The van der Waals surface area contributed by atoms with Crippen LogP contribution in [0, 0.1) is 0 Å². The molecule has 0 spiro atoms. The first kappa shape index (κ1) is 16.4. The van der Waals surface area contributed by atoms with Gasteiger partial charge < -0.3 is 5.73 Å². The van der Waals surface area contributed by atoms with E-state index in [9.17, 15) is 21.6 Å². The molecule has 0 saturated heterocycles. The first-order chi connectivity index (χ1) is 8.45. The van der Waals surface area contributed by atoms with Gasteiger partial charge in [0.25, 0.3) is 0 Å². The zero-order valence-corrected chi connectivity index (χ0v) is 11.8. The number of nitrogens with zero attached hydrogens (tertiary/aromatic N) is 1. The van der Waals surface area contributed by atoms with Gasteiger partial charge >= 0.3 is 6.18 Å². The van der Waals surface area contributed by atoms with Crippen LogP contribution in [0.15, 0.2) is 17.0 Å². The van der Waals surface area contributed by atoms with Crippen LogP contribution in [0.25, 0.3) is 0 Å². The highest BCUT2D eigenvalue weighted by Crippen LogP contribution is 2.34. The Labute approximate surface area is 117 Å². The van der Waals surface area contributed by atoms with Crippen molar-refractivity contribution in [3.05, 3.63) is 22.2 Å². The first-order valence-electron chi connectivity index (χ1n) is 4.73. The molecule has 1 aromatic rings. The number of nitrogen functional groups attached to an aromatic ring is 1. The number of nitrogens with two attached hydrogens (primary N) is 1. The van der Waals surface area contributed by atoms with E-state index in [0.29, 0.717) is 0 Å². The quantitative estimate of drug-likeness (QED) is 0.863. The van der Waals surface area contributed by atoms with Crippen LogP contribution in [-0.4, -0.2) is 32.5 Å². The molecule has 19 heavy (non-hydrogen) atoms. The monoisotopic (exact) mass is 336 g/mol. The lowest BCUT2D eigenvalue weighted by Crippen LogP contribution is -2.36. The molecule has 0 aliphatic carbocycles. The molecular formula is C9H9Cl2F3N2O2S. The summed E-state index contributed by atoms with van der Waals surface area (Å²) in [6, 6.07) is 2.20. The van der Waals surface area contributed by atoms with Gasteiger partial charge in [-0.3, -0.25) is 0 Å². The van der Waals surface area contributed by atoms with Crippen LogP contribution in [0.3, 0.4) is 0 Å². The SMILES string of the molecule is CN(CC(F)(F)F)S(=O)(=O)c1c(Cl)cc(N)cc1Cl. The van der Waals surface area contributed by atoms with Gasteiger partial charge in [-0.25, -0.2) is 8.42 Å². The third-order valence-corrected chi connectivity index (χ3v) is 4.82. The lowest BCUT2D eigenvalue weighted by atomic mass is 10.3. The largest absolute Gasteiger partial charge is 0.402 e. The normalized spacial score (nSPS) is 13.0. The van der Waals surface area contributed by atoms with E-state index in [1.807, 2.05) is 0 Å². The second-order valence-electron chi connectivity index (χ2n) is 3.69. The van der Waals surface area contributed by atoms with Crippen molar-refractivity contribution in [2.75, 3.05) is 19.3 Å². The Kier molecular flexibility index (Phi) is 4.61. The second kappa shape index (κ2) is 5.35. The minimum atomic E-state index is -4.67. The summed E-state index contributed by atoms with van der Waals surface area (Å²) in [5.74, 6) is 0. The molecule has 0 amide bonds. The maximum Gasteiger partial charge on any atom is 0.402 e. The average molecular weight is 337 g/mol. The van der Waals surface area contributed by atoms with E-state index in [1.165, 1.54) is 0 Å². The molecule has 108 valence electrons. The summed E-state index contributed by atoms with van der Waals surface area (Å²) < 4.78 is 60.8. The van der Waals surface area contributed by atoms with E-state index in [-0.39, 0.29) is 20.0 Å². The molecule has 0 radical (unpaired) electrons. The fourth-order valence-electron chi connectivity index (χ4n) is 1.32. The van der Waals surface area contributed by atoms with Crippen LogP contribution in [-0.2, 0) is 10.0 Å². The Bertz CT molecular complexity index is 567. The van der Waals surface area contributed by atoms with Crippen molar-refractivity contribution in [3.63, 3.8) is 0 Å². The number of rotatable bonds is 3. The number of hydrogen-bond acceptors (Lipinski definition) is 3. The highest BCUT2D eigenvalue weighted by molar-refractivity contribution is 7.89. The Morgan fingerprint density at radius 1 is 1.26 bits per heavy atom. The standard InChI is InChI=1S/C9H9Cl2F3N2O2S/c1-16(4-9(12,13)14)19(17,18)8-6(10)2-5(15)3-7(8)11/h2-3H,4,15H2,1H3. The van der Waals surface area contributed by atoms with E-state index in [4.69, 9.17) is 28.9 Å². The van der Waals surface area contributed by atoms with Crippen LogP contribution in [0.4, 0.5) is 18.9 Å². The zero-order chi connectivity index (χ0) is 15.0. The average Bonchev–Trinajstić information content (AvgIpc) is 2.11. The Balaban J connectivity index is 3.29. The smallest absolute Gasteiger partial charge is 0.399 e. The lowest BCUT2D eigenvalue weighted by Gasteiger charge is -2.20. The van der Waals surface area contributed by atoms with Crippen LogP contribution < -0.4 is 5.73 Å². The fraction of sp³-hybridized carbons (Fsp3) is 0.333. The van der Waals surface area contributed by atoms with Gasteiger partial charge in [0.05, 0.1) is 10.0 Å². The minimum Gasteiger partial charge on any atom is -0.399 e. The van der Waals surface area contributed by atoms with Crippen molar-refractivity contribution < 1.29 is 21.6 Å². The molecule has 10 heteroatoms. The van der Waals surface area contributed by atoms with Crippen molar-refractivity contribution in [1.29, 1.82) is 0 Å². The molecule has 0 unspecified atom stereocenters. The van der Waals surface area contributed by atoms with Crippen LogP contribution >= 0.6 is 23.2 Å². The van der Waals surface area contributed by atoms with Gasteiger partial charge in [0, 0.05) is 12.7 Å². The Hall–Kier alpha value is -0.700. The highest BCUT2D eigenvalue weighted by Gasteiger charge is 2.36. The van der Waals surface area contributed by atoms with E-state index >= 15 is 0 Å². The molecule has 0 fully saturated rings. The number of alkyl halides is 3. The van der Waals surface area contributed by atoms with Gasteiger partial charge in [0.1, 0.15) is 11.4 Å².